The SMILES string of the molecule is CCOC(=O)CCCOc1ccccc1N1CCN(CCCCOc2ccc3c(c2)NC(=O)CC3)CC1.Cl. The molecule has 2 aliphatic rings. The van der Waals surface area contributed by atoms with Gasteiger partial charge in [0.05, 0.1) is 25.5 Å². The van der Waals surface area contributed by atoms with Gasteiger partial charge in [-0.1, -0.05) is 18.2 Å². The summed E-state index contributed by atoms with van der Waals surface area (Å²) < 4.78 is 16.9. The minimum absolute atomic E-state index is 0. The van der Waals surface area contributed by atoms with Gasteiger partial charge in [0.15, 0.2) is 0 Å². The molecule has 2 aromatic carbocycles. The Morgan fingerprint density at radius 1 is 0.947 bits per heavy atom. The quantitative estimate of drug-likeness (QED) is 0.289. The summed E-state index contributed by atoms with van der Waals surface area (Å²) in [6, 6.07) is 14.1. The average molecular weight is 546 g/mol. The number of aryl methyl sites for hydroxylation is 1. The van der Waals surface area contributed by atoms with Crippen molar-refractivity contribution in [2.45, 2.75) is 45.4 Å². The van der Waals surface area contributed by atoms with Crippen molar-refractivity contribution in [3.63, 3.8) is 0 Å². The first-order valence-corrected chi connectivity index (χ1v) is 13.5. The van der Waals surface area contributed by atoms with Gasteiger partial charge in [0.1, 0.15) is 11.5 Å². The third kappa shape index (κ3) is 8.81. The van der Waals surface area contributed by atoms with Crippen LogP contribution in [0.4, 0.5) is 11.4 Å². The predicted molar refractivity (Wildman–Crippen MR) is 152 cm³/mol. The highest BCUT2D eigenvalue weighted by molar-refractivity contribution is 5.94. The van der Waals surface area contributed by atoms with Crippen LogP contribution in [0.1, 0.15) is 44.6 Å². The van der Waals surface area contributed by atoms with Crippen molar-refractivity contribution in [1.29, 1.82) is 0 Å². The smallest absolute Gasteiger partial charge is 0.305 e. The molecule has 0 unspecified atom stereocenters. The molecule has 38 heavy (non-hydrogen) atoms. The predicted octanol–water partition coefficient (Wildman–Crippen LogP) is 4.70. The van der Waals surface area contributed by atoms with Crippen LogP contribution in [-0.4, -0.2) is 69.3 Å². The van der Waals surface area contributed by atoms with E-state index in [1.54, 1.807) is 0 Å². The lowest BCUT2D eigenvalue weighted by Crippen LogP contribution is -2.46. The van der Waals surface area contributed by atoms with Crippen molar-refractivity contribution in [2.75, 3.05) is 62.8 Å². The molecule has 1 fully saturated rings. The number of esters is 1. The molecule has 1 N–H and O–H groups in total. The fourth-order valence-corrected chi connectivity index (χ4v) is 4.75. The minimum Gasteiger partial charge on any atom is -0.494 e. The highest BCUT2D eigenvalue weighted by Gasteiger charge is 2.20. The van der Waals surface area contributed by atoms with Crippen molar-refractivity contribution in [1.82, 2.24) is 4.90 Å². The molecule has 8 nitrogen and oxygen atoms in total. The van der Waals surface area contributed by atoms with E-state index in [0.29, 0.717) is 39.1 Å². The number of nitrogens with zero attached hydrogens (tertiary/aromatic N) is 2. The van der Waals surface area contributed by atoms with Crippen molar-refractivity contribution >= 4 is 35.7 Å². The van der Waals surface area contributed by atoms with Crippen LogP contribution in [-0.2, 0) is 20.7 Å². The lowest BCUT2D eigenvalue weighted by molar-refractivity contribution is -0.143. The van der Waals surface area contributed by atoms with Crippen LogP contribution in [0.5, 0.6) is 11.5 Å². The van der Waals surface area contributed by atoms with Gasteiger partial charge in [0, 0.05) is 50.8 Å². The van der Waals surface area contributed by atoms with Gasteiger partial charge in [-0.05, 0) is 62.9 Å². The number of rotatable bonds is 13. The Morgan fingerprint density at radius 2 is 1.74 bits per heavy atom. The van der Waals surface area contributed by atoms with Gasteiger partial charge in [-0.3, -0.25) is 14.5 Å². The largest absolute Gasteiger partial charge is 0.494 e. The van der Waals surface area contributed by atoms with Gasteiger partial charge < -0.3 is 24.4 Å². The highest BCUT2D eigenvalue weighted by Crippen LogP contribution is 2.29. The van der Waals surface area contributed by atoms with E-state index in [9.17, 15) is 9.59 Å². The molecule has 2 aliphatic heterocycles. The molecule has 0 radical (unpaired) electrons. The number of carbonyl (C=O) groups excluding carboxylic acids is 2. The minimum atomic E-state index is -0.171. The lowest BCUT2D eigenvalue weighted by Gasteiger charge is -2.36. The van der Waals surface area contributed by atoms with Gasteiger partial charge in [0.25, 0.3) is 0 Å². The number of halogens is 1. The third-order valence-corrected chi connectivity index (χ3v) is 6.78. The summed E-state index contributed by atoms with van der Waals surface area (Å²) in [6.07, 6.45) is 4.46. The summed E-state index contributed by atoms with van der Waals surface area (Å²) >= 11 is 0. The molecule has 1 amide bonds. The van der Waals surface area contributed by atoms with E-state index in [2.05, 4.69) is 27.2 Å². The monoisotopic (exact) mass is 545 g/mol. The summed E-state index contributed by atoms with van der Waals surface area (Å²) in [7, 11) is 0. The number of ether oxygens (including phenoxy) is 3. The number of benzene rings is 2. The normalized spacial score (nSPS) is 15.2. The van der Waals surface area contributed by atoms with Crippen LogP contribution in [0.3, 0.4) is 0 Å². The van der Waals surface area contributed by atoms with Crippen LogP contribution < -0.4 is 19.7 Å². The van der Waals surface area contributed by atoms with E-state index in [0.717, 1.165) is 74.9 Å². The molecule has 0 aliphatic carbocycles. The van der Waals surface area contributed by atoms with E-state index in [1.807, 2.05) is 37.3 Å². The maximum atomic E-state index is 11.6. The standard InChI is InChI=1S/C29H39N3O5.ClH/c1-2-35-29(34)10-7-21-37-27-9-4-3-8-26(27)32-18-16-31(17-19-32)15-5-6-20-36-24-13-11-23-12-14-28(33)30-25(23)22-24;/h3-4,8-9,11,13,22H,2,5-7,10,12,14-21H2,1H3,(H,30,33);1H. The highest BCUT2D eigenvalue weighted by atomic mass is 35.5. The van der Waals surface area contributed by atoms with Crippen molar-refractivity contribution < 1.29 is 23.8 Å². The zero-order valence-corrected chi connectivity index (χ0v) is 23.1. The van der Waals surface area contributed by atoms with Gasteiger partial charge >= 0.3 is 5.97 Å². The number of amides is 1. The first-order chi connectivity index (χ1) is 18.1. The summed E-state index contributed by atoms with van der Waals surface area (Å²) in [5, 5.41) is 2.93. The molecule has 2 heterocycles. The maximum Gasteiger partial charge on any atom is 0.305 e. The molecule has 208 valence electrons. The number of unbranched alkanes of at least 4 members (excludes halogenated alkanes) is 1. The Labute approximate surface area is 232 Å². The van der Waals surface area contributed by atoms with E-state index in [4.69, 9.17) is 14.2 Å². The second-order valence-electron chi connectivity index (χ2n) is 9.48. The molecular formula is C29H40ClN3O5. The van der Waals surface area contributed by atoms with Gasteiger partial charge in [-0.25, -0.2) is 0 Å². The zero-order chi connectivity index (χ0) is 25.9. The number of para-hydroxylation sites is 2. The molecule has 2 aromatic rings. The average Bonchev–Trinajstić information content (AvgIpc) is 2.91. The van der Waals surface area contributed by atoms with Crippen LogP contribution in [0.25, 0.3) is 0 Å². The first-order valence-electron chi connectivity index (χ1n) is 13.5. The van der Waals surface area contributed by atoms with Crippen molar-refractivity contribution in [2.24, 2.45) is 0 Å². The molecule has 0 aromatic heterocycles. The fraction of sp³-hybridized carbons (Fsp3) is 0.517. The molecular weight excluding hydrogens is 506 g/mol. The summed E-state index contributed by atoms with van der Waals surface area (Å²) in [5.41, 5.74) is 3.18. The summed E-state index contributed by atoms with van der Waals surface area (Å²) in [4.78, 5) is 28.0. The zero-order valence-electron chi connectivity index (χ0n) is 22.3. The molecule has 0 spiro atoms. The molecule has 9 heteroatoms. The Morgan fingerprint density at radius 3 is 2.55 bits per heavy atom. The van der Waals surface area contributed by atoms with E-state index in [-0.39, 0.29) is 24.3 Å². The number of hydrogen-bond acceptors (Lipinski definition) is 7. The number of hydrogen-bond donors (Lipinski definition) is 1. The third-order valence-electron chi connectivity index (χ3n) is 6.78. The Hall–Kier alpha value is -2.97. The van der Waals surface area contributed by atoms with Gasteiger partial charge in [-0.15, -0.1) is 12.4 Å². The molecule has 0 saturated carbocycles. The van der Waals surface area contributed by atoms with Crippen LogP contribution in [0, 0.1) is 0 Å². The Kier molecular flexibility index (Phi) is 12.0. The van der Waals surface area contributed by atoms with Gasteiger partial charge in [0.2, 0.25) is 5.91 Å². The second-order valence-corrected chi connectivity index (χ2v) is 9.48. The molecule has 4 rings (SSSR count). The first kappa shape index (κ1) is 29.6. The number of fused-ring (bicyclic) bond motifs is 1. The van der Waals surface area contributed by atoms with Crippen LogP contribution in [0.2, 0.25) is 0 Å². The topological polar surface area (TPSA) is 80.3 Å². The Bertz CT molecular complexity index is 1040. The lowest BCUT2D eigenvalue weighted by atomic mass is 10.0. The van der Waals surface area contributed by atoms with E-state index < -0.39 is 0 Å². The Balaban J connectivity index is 0.00000400. The molecule has 0 atom stereocenters. The van der Waals surface area contributed by atoms with Crippen LogP contribution >= 0.6 is 12.4 Å². The van der Waals surface area contributed by atoms with Gasteiger partial charge in [-0.2, -0.15) is 0 Å². The van der Waals surface area contributed by atoms with Crippen LogP contribution in [0.15, 0.2) is 42.5 Å². The number of anilines is 2. The second kappa shape index (κ2) is 15.4. The van der Waals surface area contributed by atoms with Crippen molar-refractivity contribution in [3.05, 3.63) is 48.0 Å². The summed E-state index contributed by atoms with van der Waals surface area (Å²) in [6.45, 7) is 8.42. The fourth-order valence-electron chi connectivity index (χ4n) is 4.75. The number of nitrogens with one attached hydrogen (secondary N) is 1. The summed E-state index contributed by atoms with van der Waals surface area (Å²) in [5.74, 6) is 1.59. The van der Waals surface area contributed by atoms with Crippen molar-refractivity contribution in [3.8, 4) is 11.5 Å². The number of piperazine rings is 1. The maximum absolute atomic E-state index is 11.6. The number of carbonyl (C=O) groups is 2. The van der Waals surface area contributed by atoms with E-state index >= 15 is 0 Å². The molecule has 0 bridgehead atoms. The molecule has 1 saturated heterocycles. The van der Waals surface area contributed by atoms with E-state index in [1.165, 1.54) is 5.56 Å².